The Kier molecular flexibility index (Phi) is 8.47. The Morgan fingerprint density at radius 3 is 2.65 bits per heavy atom. The van der Waals surface area contributed by atoms with E-state index in [-0.39, 0.29) is 5.56 Å². The van der Waals surface area contributed by atoms with Crippen molar-refractivity contribution in [1.82, 2.24) is 5.32 Å². The van der Waals surface area contributed by atoms with Gasteiger partial charge in [-0.05, 0) is 50.6 Å². The maximum atomic E-state index is 10.8. The van der Waals surface area contributed by atoms with E-state index in [1.165, 1.54) is 19.3 Å². The Balaban J connectivity index is 2.06. The molecule has 0 saturated heterocycles. The van der Waals surface area contributed by atoms with Gasteiger partial charge >= 0.3 is 5.97 Å². The highest BCUT2D eigenvalue weighted by Crippen LogP contribution is 2.13. The van der Waals surface area contributed by atoms with Gasteiger partial charge in [-0.3, -0.25) is 0 Å². The third kappa shape index (κ3) is 7.14. The highest BCUT2D eigenvalue weighted by atomic mass is 16.5. The third-order valence-corrected chi connectivity index (χ3v) is 3.05. The van der Waals surface area contributed by atoms with Crippen LogP contribution in [0.25, 0.3) is 0 Å². The molecule has 0 aromatic heterocycles. The summed E-state index contributed by atoms with van der Waals surface area (Å²) in [6.45, 7) is 4.94. The van der Waals surface area contributed by atoms with Crippen LogP contribution in [0.4, 0.5) is 0 Å². The fraction of sp³-hybridized carbons (Fsp3) is 0.562. The maximum absolute atomic E-state index is 10.8. The quantitative estimate of drug-likeness (QED) is 0.610. The zero-order valence-corrected chi connectivity index (χ0v) is 12.2. The molecule has 1 aromatic rings. The summed E-state index contributed by atoms with van der Waals surface area (Å²) in [6, 6.07) is 6.62. The minimum atomic E-state index is -0.924. The zero-order chi connectivity index (χ0) is 14.6. The second-order valence-corrected chi connectivity index (χ2v) is 4.85. The summed E-state index contributed by atoms with van der Waals surface area (Å²) in [6.07, 6.45) is 5.83. The maximum Gasteiger partial charge on any atom is 0.335 e. The van der Waals surface area contributed by atoms with Crippen molar-refractivity contribution in [1.29, 1.82) is 0 Å². The number of nitrogens with one attached hydrogen (secondary N) is 1. The van der Waals surface area contributed by atoms with Crippen LogP contribution >= 0.6 is 0 Å². The van der Waals surface area contributed by atoms with Crippen LogP contribution in [0, 0.1) is 0 Å². The number of rotatable bonds is 11. The van der Waals surface area contributed by atoms with Crippen molar-refractivity contribution in [2.75, 3.05) is 19.7 Å². The van der Waals surface area contributed by atoms with Gasteiger partial charge in [0, 0.05) is 0 Å². The molecule has 4 heteroatoms. The Hall–Kier alpha value is -1.55. The largest absolute Gasteiger partial charge is 0.494 e. The molecule has 1 rings (SSSR count). The molecule has 0 saturated carbocycles. The molecule has 0 fully saturated rings. The molecule has 0 amide bonds. The van der Waals surface area contributed by atoms with Gasteiger partial charge in [-0.15, -0.1) is 0 Å². The Bertz CT molecular complexity index is 393. The Labute approximate surface area is 121 Å². The van der Waals surface area contributed by atoms with Gasteiger partial charge in [0.25, 0.3) is 0 Å². The predicted molar refractivity (Wildman–Crippen MR) is 80.5 cm³/mol. The average molecular weight is 279 g/mol. The van der Waals surface area contributed by atoms with Crippen LogP contribution in [-0.2, 0) is 0 Å². The highest BCUT2D eigenvalue weighted by Gasteiger charge is 2.03. The fourth-order valence-corrected chi connectivity index (χ4v) is 1.89. The molecule has 0 bridgehead atoms. The van der Waals surface area contributed by atoms with Crippen molar-refractivity contribution < 1.29 is 14.6 Å². The van der Waals surface area contributed by atoms with Crippen LogP contribution in [0.3, 0.4) is 0 Å². The standard InChI is InChI=1S/C16H25NO3/c1-2-3-4-10-17-11-5-6-12-20-15-9-7-8-14(13-15)16(18)19/h7-9,13,17H,2-6,10-12H2,1H3,(H,18,19). The Morgan fingerprint density at radius 2 is 1.95 bits per heavy atom. The van der Waals surface area contributed by atoms with Crippen LogP contribution < -0.4 is 10.1 Å². The summed E-state index contributed by atoms with van der Waals surface area (Å²) in [5.74, 6) is -0.299. The Morgan fingerprint density at radius 1 is 1.20 bits per heavy atom. The monoisotopic (exact) mass is 279 g/mol. The summed E-state index contributed by atoms with van der Waals surface area (Å²) >= 11 is 0. The van der Waals surface area contributed by atoms with Crippen LogP contribution in [0.2, 0.25) is 0 Å². The van der Waals surface area contributed by atoms with E-state index in [2.05, 4.69) is 12.2 Å². The molecule has 4 nitrogen and oxygen atoms in total. The molecule has 112 valence electrons. The second-order valence-electron chi connectivity index (χ2n) is 4.85. The second kappa shape index (κ2) is 10.3. The van der Waals surface area contributed by atoms with E-state index in [1.54, 1.807) is 24.3 Å². The van der Waals surface area contributed by atoms with Crippen LogP contribution in [0.15, 0.2) is 24.3 Å². The SMILES string of the molecule is CCCCCNCCCCOc1cccc(C(=O)O)c1. The van der Waals surface area contributed by atoms with E-state index in [0.717, 1.165) is 25.9 Å². The molecule has 2 N–H and O–H groups in total. The fourth-order valence-electron chi connectivity index (χ4n) is 1.89. The van der Waals surface area contributed by atoms with Crippen molar-refractivity contribution in [2.45, 2.75) is 39.0 Å². The topological polar surface area (TPSA) is 58.6 Å². The van der Waals surface area contributed by atoms with E-state index >= 15 is 0 Å². The van der Waals surface area contributed by atoms with Crippen molar-refractivity contribution in [3.8, 4) is 5.75 Å². The number of aromatic carboxylic acids is 1. The number of carboxylic acids is 1. The van der Waals surface area contributed by atoms with Crippen LogP contribution in [0.5, 0.6) is 5.75 Å². The summed E-state index contributed by atoms with van der Waals surface area (Å²) in [7, 11) is 0. The van der Waals surface area contributed by atoms with Crippen molar-refractivity contribution in [3.05, 3.63) is 29.8 Å². The molecule has 0 spiro atoms. The predicted octanol–water partition coefficient (Wildman–Crippen LogP) is 3.32. The summed E-state index contributed by atoms with van der Waals surface area (Å²) < 4.78 is 5.55. The van der Waals surface area contributed by atoms with E-state index in [1.807, 2.05) is 0 Å². The lowest BCUT2D eigenvalue weighted by molar-refractivity contribution is 0.0696. The molecule has 20 heavy (non-hydrogen) atoms. The van der Waals surface area contributed by atoms with Crippen molar-refractivity contribution >= 4 is 5.97 Å². The number of carbonyl (C=O) groups is 1. The van der Waals surface area contributed by atoms with Gasteiger partial charge in [-0.1, -0.05) is 25.8 Å². The molecule has 0 unspecified atom stereocenters. The van der Waals surface area contributed by atoms with Gasteiger partial charge in [0.2, 0.25) is 0 Å². The first-order valence-electron chi connectivity index (χ1n) is 7.41. The summed E-state index contributed by atoms with van der Waals surface area (Å²) in [4.78, 5) is 10.8. The molecule has 0 aliphatic rings. The average Bonchev–Trinajstić information content (AvgIpc) is 2.46. The van der Waals surface area contributed by atoms with Gasteiger partial charge in [-0.2, -0.15) is 0 Å². The molecule has 0 heterocycles. The van der Waals surface area contributed by atoms with E-state index in [4.69, 9.17) is 9.84 Å². The first-order valence-corrected chi connectivity index (χ1v) is 7.41. The first kappa shape index (κ1) is 16.5. The molecular weight excluding hydrogens is 254 g/mol. The van der Waals surface area contributed by atoms with Gasteiger partial charge in [-0.25, -0.2) is 4.79 Å². The molecule has 0 atom stereocenters. The molecule has 0 radical (unpaired) electrons. The van der Waals surface area contributed by atoms with Crippen molar-refractivity contribution in [2.24, 2.45) is 0 Å². The van der Waals surface area contributed by atoms with Gasteiger partial charge < -0.3 is 15.2 Å². The van der Waals surface area contributed by atoms with E-state index in [0.29, 0.717) is 12.4 Å². The smallest absolute Gasteiger partial charge is 0.335 e. The highest BCUT2D eigenvalue weighted by molar-refractivity contribution is 5.87. The van der Waals surface area contributed by atoms with Crippen molar-refractivity contribution in [3.63, 3.8) is 0 Å². The summed E-state index contributed by atoms with van der Waals surface area (Å²) in [5, 5.41) is 12.3. The minimum Gasteiger partial charge on any atom is -0.494 e. The van der Waals surface area contributed by atoms with Gasteiger partial charge in [0.1, 0.15) is 5.75 Å². The van der Waals surface area contributed by atoms with E-state index in [9.17, 15) is 4.79 Å². The van der Waals surface area contributed by atoms with Gasteiger partial charge in [0.15, 0.2) is 0 Å². The van der Waals surface area contributed by atoms with Crippen LogP contribution in [0.1, 0.15) is 49.4 Å². The number of unbranched alkanes of at least 4 members (excludes halogenated alkanes) is 3. The number of carboxylic acid groups (broad SMARTS) is 1. The molecule has 1 aromatic carbocycles. The molecular formula is C16H25NO3. The normalized spacial score (nSPS) is 10.4. The number of hydrogen-bond donors (Lipinski definition) is 2. The number of ether oxygens (including phenoxy) is 1. The third-order valence-electron chi connectivity index (χ3n) is 3.05. The zero-order valence-electron chi connectivity index (χ0n) is 12.2. The summed E-state index contributed by atoms with van der Waals surface area (Å²) in [5.41, 5.74) is 0.264. The number of benzene rings is 1. The molecule has 0 aliphatic carbocycles. The molecule has 0 aliphatic heterocycles. The lowest BCUT2D eigenvalue weighted by Gasteiger charge is -2.07. The van der Waals surface area contributed by atoms with Gasteiger partial charge in [0.05, 0.1) is 12.2 Å². The lowest BCUT2D eigenvalue weighted by Crippen LogP contribution is -2.17. The van der Waals surface area contributed by atoms with E-state index < -0.39 is 5.97 Å². The van der Waals surface area contributed by atoms with Crippen LogP contribution in [-0.4, -0.2) is 30.8 Å². The minimum absolute atomic E-state index is 0.264. The first-order chi connectivity index (χ1) is 9.74. The number of hydrogen-bond acceptors (Lipinski definition) is 3. The lowest BCUT2D eigenvalue weighted by atomic mass is 10.2.